The average molecular weight is 373 g/mol. The van der Waals surface area contributed by atoms with Crippen LogP contribution in [0.3, 0.4) is 0 Å². The van der Waals surface area contributed by atoms with Crippen molar-refractivity contribution in [1.29, 1.82) is 0 Å². The lowest BCUT2D eigenvalue weighted by molar-refractivity contribution is 0.488. The van der Waals surface area contributed by atoms with E-state index in [0.29, 0.717) is 23.7 Å². The molecule has 0 spiro atoms. The fraction of sp³-hybridized carbons (Fsp3) is 0.357. The molecule has 1 aromatic rings. The van der Waals surface area contributed by atoms with Gasteiger partial charge >= 0.3 is 0 Å². The molecule has 1 aliphatic rings. The van der Waals surface area contributed by atoms with Gasteiger partial charge in [0.1, 0.15) is 0 Å². The fourth-order valence-electron chi connectivity index (χ4n) is 3.27. The molecule has 2 unspecified atom stereocenters. The van der Waals surface area contributed by atoms with Gasteiger partial charge in [-0.15, -0.1) is 0 Å². The monoisotopic (exact) mass is 372 g/mol. The molecule has 0 fully saturated rings. The molecule has 1 aromatic carbocycles. The van der Waals surface area contributed by atoms with Gasteiger partial charge in [0.15, 0.2) is 0 Å². The highest BCUT2D eigenvalue weighted by Crippen LogP contribution is 2.27. The van der Waals surface area contributed by atoms with Gasteiger partial charge in [-0.3, -0.25) is 0 Å². The summed E-state index contributed by atoms with van der Waals surface area (Å²) in [7, 11) is 0. The SMILES string of the molecule is CC(C)c1ccccc(C(C)C2=CC=CC(C(C)C(C)C)=CC=C2)cccc1. The maximum Gasteiger partial charge on any atom is 0.00610 e. The first-order chi connectivity index (χ1) is 13.4. The number of allylic oxidation sites excluding steroid dienone is 8. The second-order valence-corrected chi connectivity index (χ2v) is 8.40. The molecule has 0 aliphatic heterocycles. The van der Waals surface area contributed by atoms with Crippen LogP contribution in [0.4, 0.5) is 0 Å². The van der Waals surface area contributed by atoms with E-state index in [1.807, 2.05) is 0 Å². The van der Waals surface area contributed by atoms with E-state index in [2.05, 4.69) is 127 Å². The Hall–Kier alpha value is -2.34. The molecule has 0 nitrogen and oxygen atoms in total. The summed E-state index contributed by atoms with van der Waals surface area (Å²) >= 11 is 0. The zero-order chi connectivity index (χ0) is 20.5. The Morgan fingerprint density at radius 2 is 1.04 bits per heavy atom. The highest BCUT2D eigenvalue weighted by Gasteiger charge is 2.12. The van der Waals surface area contributed by atoms with Crippen molar-refractivity contribution >= 4 is 0 Å². The van der Waals surface area contributed by atoms with Crippen LogP contribution < -0.4 is 0 Å². The number of hydrogen-bond donors (Lipinski definition) is 0. The Labute approximate surface area is 172 Å². The lowest BCUT2D eigenvalue weighted by Crippen LogP contribution is -2.06. The van der Waals surface area contributed by atoms with Gasteiger partial charge in [0.25, 0.3) is 0 Å². The first-order valence-electron chi connectivity index (χ1n) is 10.6. The van der Waals surface area contributed by atoms with E-state index >= 15 is 0 Å². The molecule has 0 heteroatoms. The lowest BCUT2D eigenvalue weighted by atomic mass is 9.87. The molecule has 0 aromatic heterocycles. The zero-order valence-electron chi connectivity index (χ0n) is 18.4. The Bertz CT molecular complexity index is 786. The van der Waals surface area contributed by atoms with Gasteiger partial charge in [0.2, 0.25) is 0 Å². The van der Waals surface area contributed by atoms with Crippen molar-refractivity contribution in [2.75, 3.05) is 0 Å². The Morgan fingerprint density at radius 1 is 0.571 bits per heavy atom. The van der Waals surface area contributed by atoms with Crippen molar-refractivity contribution < 1.29 is 0 Å². The molecule has 0 radical (unpaired) electrons. The van der Waals surface area contributed by atoms with Crippen molar-refractivity contribution in [2.24, 2.45) is 11.8 Å². The van der Waals surface area contributed by atoms with Gasteiger partial charge in [0, 0.05) is 5.92 Å². The summed E-state index contributed by atoms with van der Waals surface area (Å²) in [5.74, 6) is 2.08. The summed E-state index contributed by atoms with van der Waals surface area (Å²) in [4.78, 5) is 0. The first kappa shape index (κ1) is 22.0. The van der Waals surface area contributed by atoms with E-state index in [0.717, 1.165) is 0 Å². The van der Waals surface area contributed by atoms with Crippen LogP contribution >= 0.6 is 0 Å². The normalized spacial score (nSPS) is 16.0. The van der Waals surface area contributed by atoms with Crippen molar-refractivity contribution in [3.63, 3.8) is 0 Å². The largest absolute Gasteiger partial charge is 0.0622 e. The van der Waals surface area contributed by atoms with Crippen LogP contribution in [0.5, 0.6) is 0 Å². The Morgan fingerprint density at radius 3 is 1.54 bits per heavy atom. The lowest BCUT2D eigenvalue weighted by Gasteiger charge is -2.18. The molecular weight excluding hydrogens is 336 g/mol. The smallest absolute Gasteiger partial charge is 0.00610 e. The average Bonchev–Trinajstić information content (AvgIpc) is 2.64. The maximum absolute atomic E-state index is 2.30. The van der Waals surface area contributed by atoms with Crippen molar-refractivity contribution in [1.82, 2.24) is 0 Å². The molecule has 2 rings (SSSR count). The van der Waals surface area contributed by atoms with Crippen molar-refractivity contribution in [3.05, 3.63) is 107 Å². The fourth-order valence-corrected chi connectivity index (χ4v) is 3.27. The molecule has 0 saturated heterocycles. The summed E-state index contributed by atoms with van der Waals surface area (Å²) in [6, 6.07) is 17.5. The summed E-state index contributed by atoms with van der Waals surface area (Å²) < 4.78 is 0. The highest BCUT2D eigenvalue weighted by atomic mass is 14.2. The van der Waals surface area contributed by atoms with Gasteiger partial charge in [0.05, 0.1) is 0 Å². The van der Waals surface area contributed by atoms with E-state index < -0.39 is 0 Å². The van der Waals surface area contributed by atoms with Crippen LogP contribution in [0, 0.1) is 11.8 Å². The first-order valence-corrected chi connectivity index (χ1v) is 10.6. The van der Waals surface area contributed by atoms with Crippen molar-refractivity contribution in [2.45, 2.75) is 53.4 Å². The molecule has 148 valence electrons. The third kappa shape index (κ3) is 6.37. The van der Waals surface area contributed by atoms with Crippen LogP contribution in [0.15, 0.2) is 96.1 Å². The molecule has 0 N–H and O–H groups in total. The van der Waals surface area contributed by atoms with Gasteiger partial charge in [-0.1, -0.05) is 127 Å². The third-order valence-electron chi connectivity index (χ3n) is 5.72. The van der Waals surface area contributed by atoms with Gasteiger partial charge in [-0.2, -0.15) is 0 Å². The molecule has 0 amide bonds. The van der Waals surface area contributed by atoms with E-state index in [1.165, 1.54) is 22.3 Å². The third-order valence-corrected chi connectivity index (χ3v) is 5.72. The second-order valence-electron chi connectivity index (χ2n) is 8.40. The minimum absolute atomic E-state index is 0.334. The second kappa shape index (κ2) is 10.9. The summed E-state index contributed by atoms with van der Waals surface area (Å²) in [6.07, 6.45) is 13.4. The molecule has 28 heavy (non-hydrogen) atoms. The molecule has 2 atom stereocenters. The van der Waals surface area contributed by atoms with Crippen LogP contribution in [0.2, 0.25) is 0 Å². The minimum Gasteiger partial charge on any atom is -0.0622 e. The van der Waals surface area contributed by atoms with E-state index in [1.54, 1.807) is 0 Å². The zero-order valence-corrected chi connectivity index (χ0v) is 18.4. The molecule has 0 bridgehead atoms. The van der Waals surface area contributed by atoms with E-state index in [4.69, 9.17) is 0 Å². The van der Waals surface area contributed by atoms with Gasteiger partial charge in [-0.25, -0.2) is 0 Å². The van der Waals surface area contributed by atoms with Gasteiger partial charge < -0.3 is 0 Å². The number of rotatable bonds is 5. The standard InChI is InChI=1S/C28H36/c1-21(2)23(5)26-17-11-19-28(20-12-18-26)24(6)27-15-9-7-13-25(22(3)4)14-8-10-16-27/h7-24H,1-6H3. The molecular formula is C28H36. The van der Waals surface area contributed by atoms with Crippen LogP contribution in [0.25, 0.3) is 0 Å². The Kier molecular flexibility index (Phi) is 8.51. The van der Waals surface area contributed by atoms with Crippen LogP contribution in [-0.4, -0.2) is 0 Å². The van der Waals surface area contributed by atoms with Crippen LogP contribution in [-0.2, 0) is 0 Å². The van der Waals surface area contributed by atoms with E-state index in [-0.39, 0.29) is 0 Å². The maximum atomic E-state index is 2.30. The van der Waals surface area contributed by atoms with E-state index in [9.17, 15) is 0 Å². The molecule has 0 saturated carbocycles. The minimum atomic E-state index is 0.334. The van der Waals surface area contributed by atoms with Crippen molar-refractivity contribution in [3.8, 4) is 0 Å². The quantitative estimate of drug-likeness (QED) is 0.487. The summed E-state index contributed by atoms with van der Waals surface area (Å²) in [5, 5.41) is 0. The summed E-state index contributed by atoms with van der Waals surface area (Å²) in [6.45, 7) is 13.6. The topological polar surface area (TPSA) is 0 Å². The van der Waals surface area contributed by atoms with Gasteiger partial charge in [-0.05, 0) is 40.0 Å². The molecule has 1 aliphatic carbocycles. The number of hydrogen-bond acceptors (Lipinski definition) is 0. The summed E-state index contributed by atoms with van der Waals surface area (Å²) in [5.41, 5.74) is 5.38. The predicted octanol–water partition coefficient (Wildman–Crippen LogP) is 8.31. The van der Waals surface area contributed by atoms with Crippen LogP contribution in [0.1, 0.15) is 64.5 Å². The molecule has 0 heterocycles. The highest BCUT2D eigenvalue weighted by molar-refractivity contribution is 5.41. The predicted molar refractivity (Wildman–Crippen MR) is 125 cm³/mol. The Balaban J connectivity index is 2.27.